The second kappa shape index (κ2) is 9.34. The van der Waals surface area contributed by atoms with Crippen LogP contribution in [0.3, 0.4) is 0 Å². The lowest BCUT2D eigenvalue weighted by atomic mass is 10.0. The number of carbonyl (C=O) groups excluding carboxylic acids is 1. The molecule has 1 aromatic carbocycles. The van der Waals surface area contributed by atoms with E-state index in [1.54, 1.807) is 25.4 Å². The van der Waals surface area contributed by atoms with Crippen molar-refractivity contribution in [3.63, 3.8) is 0 Å². The number of likely N-dealkylation sites (tertiary alicyclic amines) is 1. The molecule has 1 fully saturated rings. The molecule has 2 N–H and O–H groups in total. The highest BCUT2D eigenvalue weighted by Crippen LogP contribution is 2.23. The number of hydrogen-bond acceptors (Lipinski definition) is 4. The van der Waals surface area contributed by atoms with Gasteiger partial charge in [0.1, 0.15) is 5.82 Å². The van der Waals surface area contributed by atoms with Crippen molar-refractivity contribution >= 4 is 11.7 Å². The molecule has 1 aliphatic rings. The maximum atomic E-state index is 12.6. The van der Waals surface area contributed by atoms with Crippen molar-refractivity contribution in [2.45, 2.75) is 31.7 Å². The van der Waals surface area contributed by atoms with Crippen molar-refractivity contribution in [1.82, 2.24) is 15.2 Å². The first-order chi connectivity index (χ1) is 12.8. The number of hydrogen-bond donors (Lipinski definition) is 2. The highest BCUT2D eigenvalue weighted by Gasteiger charge is 2.22. The monoisotopic (exact) mass is 352 g/mol. The summed E-state index contributed by atoms with van der Waals surface area (Å²) in [5.41, 5.74) is 1.90. The van der Waals surface area contributed by atoms with Crippen LogP contribution < -0.4 is 10.6 Å². The van der Waals surface area contributed by atoms with Crippen molar-refractivity contribution in [3.8, 4) is 0 Å². The van der Waals surface area contributed by atoms with Gasteiger partial charge in [-0.05, 0) is 43.6 Å². The molecule has 1 saturated heterocycles. The molecule has 1 aromatic heterocycles. The number of pyridine rings is 1. The highest BCUT2D eigenvalue weighted by molar-refractivity contribution is 5.94. The fraction of sp³-hybridized carbons (Fsp3) is 0.429. The van der Waals surface area contributed by atoms with Crippen LogP contribution in [0.1, 0.15) is 47.6 Å². The molecule has 1 aliphatic heterocycles. The molecule has 1 unspecified atom stereocenters. The molecule has 2 heterocycles. The van der Waals surface area contributed by atoms with E-state index in [-0.39, 0.29) is 11.9 Å². The van der Waals surface area contributed by atoms with Crippen molar-refractivity contribution in [2.24, 2.45) is 0 Å². The molecule has 0 bridgehead atoms. The third-order valence-electron chi connectivity index (χ3n) is 5.00. The number of carbonyl (C=O) groups is 1. The molecule has 1 amide bonds. The minimum Gasteiger partial charge on any atom is -0.373 e. The van der Waals surface area contributed by atoms with Crippen LogP contribution in [0.25, 0.3) is 0 Å². The van der Waals surface area contributed by atoms with Gasteiger partial charge in [-0.1, -0.05) is 43.2 Å². The van der Waals surface area contributed by atoms with Crippen molar-refractivity contribution in [1.29, 1.82) is 0 Å². The van der Waals surface area contributed by atoms with Crippen LogP contribution in [0, 0.1) is 0 Å². The fourth-order valence-electron chi connectivity index (χ4n) is 3.54. The third-order valence-corrected chi connectivity index (χ3v) is 5.00. The first-order valence-corrected chi connectivity index (χ1v) is 9.49. The number of aromatic nitrogens is 1. The van der Waals surface area contributed by atoms with Crippen molar-refractivity contribution in [3.05, 3.63) is 59.8 Å². The van der Waals surface area contributed by atoms with Crippen molar-refractivity contribution < 1.29 is 4.79 Å². The molecule has 0 aliphatic carbocycles. The molecule has 5 nitrogen and oxygen atoms in total. The minimum atomic E-state index is -0.0559. The summed E-state index contributed by atoms with van der Waals surface area (Å²) in [5, 5.41) is 6.10. The van der Waals surface area contributed by atoms with Crippen LogP contribution >= 0.6 is 0 Å². The van der Waals surface area contributed by atoms with Crippen molar-refractivity contribution in [2.75, 3.05) is 32.0 Å². The van der Waals surface area contributed by atoms with Gasteiger partial charge in [0.05, 0.1) is 6.04 Å². The lowest BCUT2D eigenvalue weighted by Crippen LogP contribution is -2.38. The number of nitrogens with one attached hydrogen (secondary N) is 2. The van der Waals surface area contributed by atoms with Gasteiger partial charge in [0, 0.05) is 25.4 Å². The van der Waals surface area contributed by atoms with Gasteiger partial charge in [-0.2, -0.15) is 0 Å². The fourth-order valence-corrected chi connectivity index (χ4v) is 3.54. The summed E-state index contributed by atoms with van der Waals surface area (Å²) < 4.78 is 0. The Kier molecular flexibility index (Phi) is 6.61. The van der Waals surface area contributed by atoms with Gasteiger partial charge in [-0.25, -0.2) is 4.98 Å². The largest absolute Gasteiger partial charge is 0.373 e. The van der Waals surface area contributed by atoms with Crippen LogP contribution in [-0.2, 0) is 0 Å². The maximum Gasteiger partial charge on any atom is 0.251 e. The van der Waals surface area contributed by atoms with Crippen LogP contribution in [0.4, 0.5) is 5.82 Å². The highest BCUT2D eigenvalue weighted by atomic mass is 16.1. The summed E-state index contributed by atoms with van der Waals surface area (Å²) in [7, 11) is 1.80. The predicted molar refractivity (Wildman–Crippen MR) is 105 cm³/mol. The molecule has 5 heteroatoms. The number of nitrogens with zero attached hydrogens (tertiary/aromatic N) is 2. The first kappa shape index (κ1) is 18.4. The third kappa shape index (κ3) is 4.82. The average Bonchev–Trinajstić information content (AvgIpc) is 2.98. The van der Waals surface area contributed by atoms with Crippen LogP contribution in [0.5, 0.6) is 0 Å². The molecule has 0 spiro atoms. The Hall–Kier alpha value is -2.40. The zero-order valence-corrected chi connectivity index (χ0v) is 15.4. The van der Waals surface area contributed by atoms with E-state index in [1.807, 2.05) is 6.07 Å². The van der Waals surface area contributed by atoms with Gasteiger partial charge in [0.25, 0.3) is 5.91 Å². The molecule has 26 heavy (non-hydrogen) atoms. The Morgan fingerprint density at radius 1 is 1.12 bits per heavy atom. The summed E-state index contributed by atoms with van der Waals surface area (Å²) in [6.07, 6.45) is 6.72. The SMILES string of the molecule is CNc1cc(C(=O)NCC(c2ccccc2)N2CCCCCC2)ccn1. The van der Waals surface area contributed by atoms with Gasteiger partial charge in [-0.3, -0.25) is 9.69 Å². The molecular weight excluding hydrogens is 324 g/mol. The van der Waals surface area contributed by atoms with E-state index < -0.39 is 0 Å². The Morgan fingerprint density at radius 3 is 2.54 bits per heavy atom. The van der Waals surface area contributed by atoms with E-state index in [2.05, 4.69) is 44.8 Å². The molecule has 3 rings (SSSR count). The minimum absolute atomic E-state index is 0.0559. The van der Waals surface area contributed by atoms with Gasteiger partial charge < -0.3 is 10.6 Å². The van der Waals surface area contributed by atoms with Gasteiger partial charge in [0.2, 0.25) is 0 Å². The molecular formula is C21H28N4O. The topological polar surface area (TPSA) is 57.3 Å². The van der Waals surface area contributed by atoms with E-state index in [0.29, 0.717) is 17.9 Å². The summed E-state index contributed by atoms with van der Waals surface area (Å²) in [6.45, 7) is 2.79. The smallest absolute Gasteiger partial charge is 0.251 e. The van der Waals surface area contributed by atoms with E-state index in [1.165, 1.54) is 31.2 Å². The summed E-state index contributed by atoms with van der Waals surface area (Å²) >= 11 is 0. The lowest BCUT2D eigenvalue weighted by Gasteiger charge is -2.31. The summed E-state index contributed by atoms with van der Waals surface area (Å²) in [5.74, 6) is 0.643. The Morgan fingerprint density at radius 2 is 1.85 bits per heavy atom. The van der Waals surface area contributed by atoms with E-state index in [4.69, 9.17) is 0 Å². The van der Waals surface area contributed by atoms with Crippen LogP contribution in [-0.4, -0.2) is 42.5 Å². The second-order valence-electron chi connectivity index (χ2n) is 6.77. The second-order valence-corrected chi connectivity index (χ2v) is 6.77. The Labute approximate surface area is 155 Å². The van der Waals surface area contributed by atoms with Gasteiger partial charge in [0.15, 0.2) is 0 Å². The predicted octanol–water partition coefficient (Wildman–Crippen LogP) is 3.47. The number of rotatable bonds is 6. The first-order valence-electron chi connectivity index (χ1n) is 9.49. The number of benzene rings is 1. The number of anilines is 1. The van der Waals surface area contributed by atoms with E-state index >= 15 is 0 Å². The standard InChI is InChI=1S/C21H28N4O/c1-22-20-15-18(11-12-23-20)21(26)24-16-19(17-9-5-4-6-10-17)25-13-7-2-3-8-14-25/h4-6,9-12,15,19H,2-3,7-8,13-14,16H2,1H3,(H,22,23)(H,24,26). The van der Waals surface area contributed by atoms with Gasteiger partial charge in [-0.15, -0.1) is 0 Å². The van der Waals surface area contributed by atoms with E-state index in [0.717, 1.165) is 13.1 Å². The maximum absolute atomic E-state index is 12.6. The molecule has 1 atom stereocenters. The molecule has 2 aromatic rings. The molecule has 0 radical (unpaired) electrons. The average molecular weight is 352 g/mol. The summed E-state index contributed by atoms with van der Waals surface area (Å²) in [4.78, 5) is 19.3. The Balaban J connectivity index is 1.71. The summed E-state index contributed by atoms with van der Waals surface area (Å²) in [6, 6.07) is 14.2. The normalized spacial score (nSPS) is 16.5. The van der Waals surface area contributed by atoms with Crippen LogP contribution in [0.2, 0.25) is 0 Å². The molecule has 138 valence electrons. The van der Waals surface area contributed by atoms with E-state index in [9.17, 15) is 4.79 Å². The van der Waals surface area contributed by atoms with Gasteiger partial charge >= 0.3 is 0 Å². The quantitative estimate of drug-likeness (QED) is 0.836. The zero-order valence-electron chi connectivity index (χ0n) is 15.4. The Bertz CT molecular complexity index is 696. The lowest BCUT2D eigenvalue weighted by molar-refractivity contribution is 0.0933. The zero-order chi connectivity index (χ0) is 18.2. The van der Waals surface area contributed by atoms with Crippen LogP contribution in [0.15, 0.2) is 48.7 Å². The molecule has 0 saturated carbocycles. The number of amides is 1.